The van der Waals surface area contributed by atoms with E-state index in [4.69, 9.17) is 0 Å². The molecule has 6 heteroatoms. The first-order valence-electron chi connectivity index (χ1n) is 4.43. The zero-order valence-electron chi connectivity index (χ0n) is 7.90. The second kappa shape index (κ2) is 4.16. The molecule has 1 aliphatic heterocycles. The van der Waals surface area contributed by atoms with E-state index in [9.17, 15) is 18.0 Å². The minimum atomic E-state index is -4.76. The lowest BCUT2D eigenvalue weighted by Gasteiger charge is -2.12. The fourth-order valence-electron chi connectivity index (χ4n) is 1.53. The van der Waals surface area contributed by atoms with Gasteiger partial charge < -0.3 is 10.2 Å². The Morgan fingerprint density at radius 1 is 1.57 bits per heavy atom. The number of alkyl halides is 3. The van der Waals surface area contributed by atoms with Crippen LogP contribution in [0.15, 0.2) is 0 Å². The van der Waals surface area contributed by atoms with E-state index in [1.165, 1.54) is 0 Å². The number of rotatable bonds is 2. The molecule has 1 heterocycles. The first kappa shape index (κ1) is 11.3. The summed E-state index contributed by atoms with van der Waals surface area (Å²) in [5.41, 5.74) is 0. The van der Waals surface area contributed by atoms with Gasteiger partial charge in [-0.2, -0.15) is 13.2 Å². The number of nitrogens with one attached hydrogen (secondary N) is 1. The van der Waals surface area contributed by atoms with Crippen molar-refractivity contribution < 1.29 is 18.0 Å². The van der Waals surface area contributed by atoms with Crippen molar-refractivity contribution in [2.75, 3.05) is 26.7 Å². The number of likely N-dealkylation sites (tertiary alicyclic amines) is 1. The zero-order valence-corrected chi connectivity index (χ0v) is 7.90. The predicted octanol–water partition coefficient (Wildman–Crippen LogP) is 0.617. The summed E-state index contributed by atoms with van der Waals surface area (Å²) in [6, 6.07) is 0. The molecule has 0 aliphatic carbocycles. The van der Waals surface area contributed by atoms with E-state index in [-0.39, 0.29) is 12.5 Å². The van der Waals surface area contributed by atoms with Crippen LogP contribution in [-0.4, -0.2) is 43.7 Å². The van der Waals surface area contributed by atoms with Gasteiger partial charge in [-0.1, -0.05) is 0 Å². The third-order valence-corrected chi connectivity index (χ3v) is 2.30. The van der Waals surface area contributed by atoms with Gasteiger partial charge in [-0.15, -0.1) is 0 Å². The fraction of sp³-hybridized carbons (Fsp3) is 0.875. The normalized spacial score (nSPS) is 23.9. The number of amides is 1. The number of hydrogen-bond donors (Lipinski definition) is 1. The molecule has 0 saturated carbocycles. The van der Waals surface area contributed by atoms with E-state index in [1.807, 2.05) is 17.3 Å². The van der Waals surface area contributed by atoms with Gasteiger partial charge in [-0.05, 0) is 25.9 Å². The Bertz CT molecular complexity index is 217. The summed E-state index contributed by atoms with van der Waals surface area (Å²) in [5, 5.41) is 1.89. The highest BCUT2D eigenvalue weighted by molar-refractivity contribution is 5.81. The highest BCUT2D eigenvalue weighted by Crippen LogP contribution is 2.16. The average Bonchev–Trinajstić information content (AvgIpc) is 2.45. The Kier molecular flexibility index (Phi) is 3.36. The highest BCUT2D eigenvalue weighted by atomic mass is 19.4. The number of nitrogens with zero attached hydrogens (tertiary/aromatic N) is 1. The molecule has 1 N–H and O–H groups in total. The Hall–Kier alpha value is -0.780. The third-order valence-electron chi connectivity index (χ3n) is 2.30. The lowest BCUT2D eigenvalue weighted by atomic mass is 10.1. The summed E-state index contributed by atoms with van der Waals surface area (Å²) in [4.78, 5) is 12.5. The van der Waals surface area contributed by atoms with Crippen molar-refractivity contribution in [2.45, 2.75) is 12.6 Å². The first-order valence-corrected chi connectivity index (χ1v) is 4.43. The van der Waals surface area contributed by atoms with Crippen LogP contribution in [0.5, 0.6) is 0 Å². The molecule has 0 bridgehead atoms. The molecule has 82 valence electrons. The van der Waals surface area contributed by atoms with Crippen LogP contribution in [0.25, 0.3) is 0 Å². The highest BCUT2D eigenvalue weighted by Gasteiger charge is 2.38. The van der Waals surface area contributed by atoms with Crippen LogP contribution in [0, 0.1) is 5.92 Å². The van der Waals surface area contributed by atoms with Crippen LogP contribution < -0.4 is 5.32 Å². The van der Waals surface area contributed by atoms with Gasteiger partial charge in [-0.25, -0.2) is 0 Å². The summed E-state index contributed by atoms with van der Waals surface area (Å²) in [7, 11) is 1.91. The van der Waals surface area contributed by atoms with Crippen LogP contribution in [0.2, 0.25) is 0 Å². The molecule has 0 spiro atoms. The van der Waals surface area contributed by atoms with Crippen LogP contribution in [-0.2, 0) is 4.79 Å². The van der Waals surface area contributed by atoms with E-state index in [0.29, 0.717) is 0 Å². The Morgan fingerprint density at radius 2 is 2.21 bits per heavy atom. The van der Waals surface area contributed by atoms with Crippen molar-refractivity contribution >= 4 is 5.91 Å². The topological polar surface area (TPSA) is 32.3 Å². The molecule has 1 saturated heterocycles. The largest absolute Gasteiger partial charge is 0.471 e. The van der Waals surface area contributed by atoms with E-state index in [2.05, 4.69) is 0 Å². The Morgan fingerprint density at radius 3 is 2.64 bits per heavy atom. The summed E-state index contributed by atoms with van der Waals surface area (Å²) in [6.07, 6.45) is -3.92. The number of hydrogen-bond acceptors (Lipinski definition) is 2. The van der Waals surface area contributed by atoms with Gasteiger partial charge in [0.05, 0.1) is 0 Å². The van der Waals surface area contributed by atoms with E-state index >= 15 is 0 Å². The maximum Gasteiger partial charge on any atom is 0.471 e. The predicted molar refractivity (Wildman–Crippen MR) is 44.7 cm³/mol. The van der Waals surface area contributed by atoms with Crippen LogP contribution in [0.4, 0.5) is 13.2 Å². The molecule has 1 aliphatic rings. The molecule has 3 nitrogen and oxygen atoms in total. The van der Waals surface area contributed by atoms with E-state index in [0.717, 1.165) is 19.5 Å². The molecule has 1 amide bonds. The van der Waals surface area contributed by atoms with Crippen LogP contribution in [0.3, 0.4) is 0 Å². The second-order valence-electron chi connectivity index (χ2n) is 3.62. The second-order valence-corrected chi connectivity index (χ2v) is 3.62. The molecule has 1 fully saturated rings. The Labute approximate surface area is 80.3 Å². The third kappa shape index (κ3) is 3.17. The van der Waals surface area contributed by atoms with Gasteiger partial charge >= 0.3 is 12.1 Å². The smallest absolute Gasteiger partial charge is 0.348 e. The summed E-state index contributed by atoms with van der Waals surface area (Å²) < 4.78 is 35.3. The maximum atomic E-state index is 11.8. The van der Waals surface area contributed by atoms with Crippen molar-refractivity contribution in [1.82, 2.24) is 10.2 Å². The molecule has 0 unspecified atom stereocenters. The molecule has 0 aromatic rings. The van der Waals surface area contributed by atoms with Crippen molar-refractivity contribution in [3.63, 3.8) is 0 Å². The minimum absolute atomic E-state index is 0.114. The maximum absolute atomic E-state index is 11.8. The van der Waals surface area contributed by atoms with Gasteiger partial charge in [0.2, 0.25) is 0 Å². The van der Waals surface area contributed by atoms with Gasteiger partial charge in [0.1, 0.15) is 0 Å². The van der Waals surface area contributed by atoms with Gasteiger partial charge in [-0.3, -0.25) is 4.79 Å². The van der Waals surface area contributed by atoms with E-state index < -0.39 is 12.1 Å². The average molecular weight is 210 g/mol. The standard InChI is InChI=1S/C8H13F3N2O/c1-13-3-2-6(5-13)4-12-7(14)8(9,10)11/h6H,2-5H2,1H3,(H,12,14)/t6-/m1/s1. The number of halogens is 3. The van der Waals surface area contributed by atoms with Crippen molar-refractivity contribution in [3.8, 4) is 0 Å². The van der Waals surface area contributed by atoms with Gasteiger partial charge in [0, 0.05) is 13.1 Å². The molecule has 1 rings (SSSR count). The molecule has 0 aromatic heterocycles. The molecule has 0 aromatic carbocycles. The quantitative estimate of drug-likeness (QED) is 0.724. The zero-order chi connectivity index (χ0) is 10.8. The lowest BCUT2D eigenvalue weighted by molar-refractivity contribution is -0.173. The summed E-state index contributed by atoms with van der Waals surface area (Å²) >= 11 is 0. The summed E-state index contributed by atoms with van der Waals surface area (Å²) in [5.74, 6) is -1.70. The van der Waals surface area contributed by atoms with Crippen molar-refractivity contribution in [3.05, 3.63) is 0 Å². The first-order chi connectivity index (χ1) is 6.39. The van der Waals surface area contributed by atoms with Crippen molar-refractivity contribution in [2.24, 2.45) is 5.92 Å². The SMILES string of the molecule is CN1CC[C@H](CNC(=O)C(F)(F)F)C1. The molecule has 0 radical (unpaired) electrons. The monoisotopic (exact) mass is 210 g/mol. The van der Waals surface area contributed by atoms with Gasteiger partial charge in [0.15, 0.2) is 0 Å². The number of carbonyl (C=O) groups is 1. The molecule has 1 atom stereocenters. The van der Waals surface area contributed by atoms with Crippen LogP contribution >= 0.6 is 0 Å². The van der Waals surface area contributed by atoms with Crippen molar-refractivity contribution in [1.29, 1.82) is 0 Å². The Balaban J connectivity index is 2.24. The van der Waals surface area contributed by atoms with Crippen LogP contribution in [0.1, 0.15) is 6.42 Å². The summed E-state index contributed by atoms with van der Waals surface area (Å²) in [6.45, 7) is 1.74. The lowest BCUT2D eigenvalue weighted by Crippen LogP contribution is -2.39. The number of carbonyl (C=O) groups excluding carboxylic acids is 1. The molecular weight excluding hydrogens is 197 g/mol. The fourth-order valence-corrected chi connectivity index (χ4v) is 1.53. The minimum Gasteiger partial charge on any atom is -0.348 e. The van der Waals surface area contributed by atoms with E-state index in [1.54, 1.807) is 0 Å². The molecular formula is C8H13F3N2O. The van der Waals surface area contributed by atoms with Gasteiger partial charge in [0.25, 0.3) is 0 Å². The molecule has 14 heavy (non-hydrogen) atoms.